The third-order valence-corrected chi connectivity index (χ3v) is 5.52. The second kappa shape index (κ2) is 6.64. The first-order valence-corrected chi connectivity index (χ1v) is 8.93. The molecule has 5 heteroatoms. The van der Waals surface area contributed by atoms with Gasteiger partial charge < -0.3 is 9.32 Å². The van der Waals surface area contributed by atoms with Gasteiger partial charge in [0.1, 0.15) is 5.82 Å². The molecule has 0 N–H and O–H groups in total. The van der Waals surface area contributed by atoms with Gasteiger partial charge >= 0.3 is 0 Å². The van der Waals surface area contributed by atoms with Crippen molar-refractivity contribution in [1.82, 2.24) is 9.80 Å². The zero-order valence-electron chi connectivity index (χ0n) is 14.3. The van der Waals surface area contributed by atoms with Crippen LogP contribution in [0, 0.1) is 11.2 Å². The maximum atomic E-state index is 13.1. The molecule has 1 aromatic heterocycles. The lowest BCUT2D eigenvalue weighted by Gasteiger charge is -2.40. The molecule has 2 aromatic rings. The fourth-order valence-electron chi connectivity index (χ4n) is 4.29. The van der Waals surface area contributed by atoms with E-state index < -0.39 is 0 Å². The highest BCUT2D eigenvalue weighted by molar-refractivity contribution is 5.91. The molecule has 25 heavy (non-hydrogen) atoms. The van der Waals surface area contributed by atoms with Gasteiger partial charge in [0.15, 0.2) is 5.76 Å². The van der Waals surface area contributed by atoms with E-state index in [-0.39, 0.29) is 17.1 Å². The zero-order chi connectivity index (χ0) is 17.3. The van der Waals surface area contributed by atoms with Gasteiger partial charge in [0, 0.05) is 31.6 Å². The van der Waals surface area contributed by atoms with Gasteiger partial charge in [0.05, 0.1) is 6.26 Å². The molecule has 132 valence electrons. The summed E-state index contributed by atoms with van der Waals surface area (Å²) in [5, 5.41) is 0. The number of nitrogens with zero attached hydrogens (tertiary/aromatic N) is 2. The smallest absolute Gasteiger partial charge is 0.289 e. The van der Waals surface area contributed by atoms with Crippen LogP contribution in [0.15, 0.2) is 47.1 Å². The molecule has 2 aliphatic heterocycles. The number of hydrogen-bond acceptors (Lipinski definition) is 3. The molecule has 0 aliphatic carbocycles. The predicted octanol–water partition coefficient (Wildman–Crippen LogP) is 3.55. The van der Waals surface area contributed by atoms with Crippen LogP contribution in [-0.4, -0.2) is 41.9 Å². The van der Waals surface area contributed by atoms with E-state index in [0.29, 0.717) is 5.76 Å². The van der Waals surface area contributed by atoms with Crippen LogP contribution in [0.2, 0.25) is 0 Å². The van der Waals surface area contributed by atoms with Gasteiger partial charge in [-0.1, -0.05) is 12.1 Å². The van der Waals surface area contributed by atoms with E-state index in [2.05, 4.69) is 4.90 Å². The molecule has 4 nitrogen and oxygen atoms in total. The summed E-state index contributed by atoms with van der Waals surface area (Å²) in [6.07, 6.45) is 4.89. The highest BCUT2D eigenvalue weighted by Gasteiger charge is 2.43. The summed E-state index contributed by atoms with van der Waals surface area (Å²) in [6.45, 7) is 4.49. The van der Waals surface area contributed by atoms with Crippen molar-refractivity contribution in [3.8, 4) is 0 Å². The molecule has 2 fully saturated rings. The Morgan fingerprint density at radius 2 is 1.96 bits per heavy atom. The lowest BCUT2D eigenvalue weighted by atomic mass is 9.79. The molecule has 1 amide bonds. The van der Waals surface area contributed by atoms with E-state index in [4.69, 9.17) is 4.42 Å². The first-order valence-electron chi connectivity index (χ1n) is 8.93. The van der Waals surface area contributed by atoms with Crippen molar-refractivity contribution >= 4 is 5.91 Å². The summed E-state index contributed by atoms with van der Waals surface area (Å²) in [5.41, 5.74) is 1.32. The number of rotatable bonds is 3. The van der Waals surface area contributed by atoms with Crippen LogP contribution in [0.1, 0.15) is 35.4 Å². The quantitative estimate of drug-likeness (QED) is 0.856. The van der Waals surface area contributed by atoms with E-state index in [1.165, 1.54) is 12.1 Å². The van der Waals surface area contributed by atoms with Crippen LogP contribution in [0.3, 0.4) is 0 Å². The molecule has 2 saturated heterocycles. The molecular weight excluding hydrogens is 319 g/mol. The minimum atomic E-state index is -0.193. The van der Waals surface area contributed by atoms with Gasteiger partial charge in [-0.3, -0.25) is 9.69 Å². The van der Waals surface area contributed by atoms with E-state index in [9.17, 15) is 9.18 Å². The molecule has 0 bridgehead atoms. The van der Waals surface area contributed by atoms with E-state index >= 15 is 0 Å². The second-order valence-corrected chi connectivity index (χ2v) is 7.39. The number of furan rings is 1. The van der Waals surface area contributed by atoms with E-state index in [0.717, 1.165) is 57.5 Å². The lowest BCUT2D eigenvalue weighted by Crippen LogP contribution is -2.45. The van der Waals surface area contributed by atoms with Crippen molar-refractivity contribution in [2.45, 2.75) is 25.8 Å². The van der Waals surface area contributed by atoms with Gasteiger partial charge in [-0.15, -0.1) is 0 Å². The van der Waals surface area contributed by atoms with E-state index in [1.807, 2.05) is 17.0 Å². The highest BCUT2D eigenvalue weighted by Crippen LogP contribution is 2.39. The summed E-state index contributed by atoms with van der Waals surface area (Å²) in [5.74, 6) is 0.232. The molecule has 2 aliphatic rings. The average molecular weight is 342 g/mol. The number of benzene rings is 1. The summed E-state index contributed by atoms with van der Waals surface area (Å²) < 4.78 is 18.3. The van der Waals surface area contributed by atoms with Crippen molar-refractivity contribution in [3.63, 3.8) is 0 Å². The summed E-state index contributed by atoms with van der Waals surface area (Å²) >= 11 is 0. The number of halogens is 1. The molecule has 1 aromatic carbocycles. The van der Waals surface area contributed by atoms with E-state index in [1.54, 1.807) is 18.4 Å². The molecule has 0 radical (unpaired) electrons. The van der Waals surface area contributed by atoms with Gasteiger partial charge in [0.2, 0.25) is 0 Å². The number of amides is 1. The summed E-state index contributed by atoms with van der Waals surface area (Å²) in [6, 6.07) is 10.2. The number of hydrogen-bond donors (Lipinski definition) is 0. The Hall–Kier alpha value is -2.14. The normalized spacial score (nSPS) is 24.1. The number of carbonyl (C=O) groups is 1. The van der Waals surface area contributed by atoms with Crippen molar-refractivity contribution in [1.29, 1.82) is 0 Å². The minimum absolute atomic E-state index is 0.00228. The third kappa shape index (κ3) is 3.47. The van der Waals surface area contributed by atoms with Crippen LogP contribution < -0.4 is 0 Å². The molecular formula is C20H23FN2O2. The Kier molecular flexibility index (Phi) is 4.34. The lowest BCUT2D eigenvalue weighted by molar-refractivity contribution is 0.0651. The van der Waals surface area contributed by atoms with Crippen molar-refractivity contribution < 1.29 is 13.6 Å². The van der Waals surface area contributed by atoms with Crippen molar-refractivity contribution in [2.24, 2.45) is 5.41 Å². The zero-order valence-corrected chi connectivity index (χ0v) is 14.3. The monoisotopic (exact) mass is 342 g/mol. The topological polar surface area (TPSA) is 36.7 Å². The van der Waals surface area contributed by atoms with Crippen LogP contribution in [0.25, 0.3) is 0 Å². The fourth-order valence-corrected chi connectivity index (χ4v) is 4.29. The van der Waals surface area contributed by atoms with Crippen LogP contribution in [0.5, 0.6) is 0 Å². The first-order chi connectivity index (χ1) is 12.1. The molecule has 1 unspecified atom stereocenters. The Bertz CT molecular complexity index is 729. The number of piperidine rings is 1. The third-order valence-electron chi connectivity index (χ3n) is 5.52. The Morgan fingerprint density at radius 1 is 1.12 bits per heavy atom. The summed E-state index contributed by atoms with van der Waals surface area (Å²) in [4.78, 5) is 16.9. The largest absolute Gasteiger partial charge is 0.459 e. The van der Waals surface area contributed by atoms with Crippen LogP contribution in [-0.2, 0) is 6.54 Å². The molecule has 3 heterocycles. The summed E-state index contributed by atoms with van der Waals surface area (Å²) in [7, 11) is 0. The van der Waals surface area contributed by atoms with Crippen molar-refractivity contribution in [3.05, 3.63) is 59.8 Å². The first kappa shape index (κ1) is 16.3. The van der Waals surface area contributed by atoms with Crippen LogP contribution in [0.4, 0.5) is 4.39 Å². The van der Waals surface area contributed by atoms with Crippen molar-refractivity contribution in [2.75, 3.05) is 26.2 Å². The fraction of sp³-hybridized carbons (Fsp3) is 0.450. The second-order valence-electron chi connectivity index (χ2n) is 7.39. The maximum absolute atomic E-state index is 13.1. The Labute approximate surface area is 147 Å². The standard InChI is InChI=1S/C20H23FN2O2/c21-17-6-4-16(5-7-17)13-22-10-2-8-20(14-22)9-11-23(15-20)19(24)18-3-1-12-25-18/h1,3-7,12H,2,8-11,13-15H2. The maximum Gasteiger partial charge on any atom is 0.289 e. The average Bonchev–Trinajstić information content (AvgIpc) is 3.27. The van der Waals surface area contributed by atoms with Gasteiger partial charge in [-0.05, 0) is 55.6 Å². The number of carbonyl (C=O) groups excluding carboxylic acids is 1. The number of likely N-dealkylation sites (tertiary alicyclic amines) is 2. The SMILES string of the molecule is O=C(c1ccco1)N1CCC2(CCCN(Cc3ccc(F)cc3)C2)C1. The predicted molar refractivity (Wildman–Crippen MR) is 92.6 cm³/mol. The van der Waals surface area contributed by atoms with Gasteiger partial charge in [-0.2, -0.15) is 0 Å². The Balaban J connectivity index is 1.40. The molecule has 1 atom stereocenters. The van der Waals surface area contributed by atoms with Crippen LogP contribution >= 0.6 is 0 Å². The Morgan fingerprint density at radius 3 is 2.72 bits per heavy atom. The van der Waals surface area contributed by atoms with Gasteiger partial charge in [0.25, 0.3) is 5.91 Å². The molecule has 4 rings (SSSR count). The molecule has 0 saturated carbocycles. The minimum Gasteiger partial charge on any atom is -0.459 e. The highest BCUT2D eigenvalue weighted by atomic mass is 19.1. The van der Waals surface area contributed by atoms with Gasteiger partial charge in [-0.25, -0.2) is 4.39 Å². The molecule has 1 spiro atoms.